The molecule has 0 aliphatic heterocycles. The highest BCUT2D eigenvalue weighted by Crippen LogP contribution is 2.33. The zero-order valence-electron chi connectivity index (χ0n) is 10.2. The average molecular weight is 233 g/mol. The van der Waals surface area contributed by atoms with Crippen molar-refractivity contribution in [2.45, 2.75) is 44.6 Å². The predicted molar refractivity (Wildman–Crippen MR) is 66.8 cm³/mol. The van der Waals surface area contributed by atoms with Gasteiger partial charge in [0.2, 0.25) is 0 Å². The van der Waals surface area contributed by atoms with Gasteiger partial charge in [-0.05, 0) is 50.3 Å². The normalized spacial score (nSPS) is 18.6. The maximum atomic E-state index is 11.7. The maximum absolute atomic E-state index is 11.7. The van der Waals surface area contributed by atoms with Crippen molar-refractivity contribution in [1.82, 2.24) is 0 Å². The first-order valence-corrected chi connectivity index (χ1v) is 6.18. The number of nitrogens with two attached hydrogens (primary N) is 1. The van der Waals surface area contributed by atoms with E-state index < -0.39 is 5.60 Å². The summed E-state index contributed by atoms with van der Waals surface area (Å²) in [5, 5.41) is 0. The minimum Gasteiger partial charge on any atom is -0.477 e. The second-order valence-corrected chi connectivity index (χ2v) is 4.84. The van der Waals surface area contributed by atoms with Gasteiger partial charge in [0, 0.05) is 0 Å². The molecule has 0 saturated heterocycles. The van der Waals surface area contributed by atoms with Crippen LogP contribution in [0.5, 0.6) is 5.75 Å². The molecule has 0 spiro atoms. The van der Waals surface area contributed by atoms with Gasteiger partial charge in [-0.2, -0.15) is 0 Å². The van der Waals surface area contributed by atoms with E-state index in [4.69, 9.17) is 10.5 Å². The van der Waals surface area contributed by atoms with Gasteiger partial charge in [-0.3, -0.25) is 4.79 Å². The number of hydrogen-bond acceptors (Lipinski definition) is 2. The van der Waals surface area contributed by atoms with Crippen molar-refractivity contribution < 1.29 is 9.53 Å². The van der Waals surface area contributed by atoms with Crippen LogP contribution in [0.2, 0.25) is 0 Å². The molecule has 1 amide bonds. The first-order valence-electron chi connectivity index (χ1n) is 6.18. The van der Waals surface area contributed by atoms with E-state index in [1.54, 1.807) is 0 Å². The number of ether oxygens (including phenoxy) is 1. The lowest BCUT2D eigenvalue weighted by Crippen LogP contribution is -2.50. The molecule has 2 rings (SSSR count). The zero-order valence-corrected chi connectivity index (χ0v) is 10.2. The Hall–Kier alpha value is -1.51. The molecule has 0 atom stereocenters. The first-order chi connectivity index (χ1) is 8.12. The molecule has 17 heavy (non-hydrogen) atoms. The monoisotopic (exact) mass is 233 g/mol. The van der Waals surface area contributed by atoms with Gasteiger partial charge in [-0.15, -0.1) is 0 Å². The molecule has 0 bridgehead atoms. The average Bonchev–Trinajstić information content (AvgIpc) is 2.30. The van der Waals surface area contributed by atoms with Crippen LogP contribution >= 0.6 is 0 Å². The highest BCUT2D eigenvalue weighted by atomic mass is 16.5. The van der Waals surface area contributed by atoms with Gasteiger partial charge in [0.15, 0.2) is 5.60 Å². The van der Waals surface area contributed by atoms with E-state index in [-0.39, 0.29) is 5.91 Å². The Bertz CT molecular complexity index is 408. The van der Waals surface area contributed by atoms with Crippen molar-refractivity contribution in [2.75, 3.05) is 0 Å². The van der Waals surface area contributed by atoms with E-state index in [9.17, 15) is 4.79 Å². The van der Waals surface area contributed by atoms with Gasteiger partial charge in [0.05, 0.1) is 0 Å². The van der Waals surface area contributed by atoms with E-state index in [2.05, 4.69) is 0 Å². The maximum Gasteiger partial charge on any atom is 0.261 e. The number of aryl methyl sites for hydroxylation is 1. The molecule has 1 saturated carbocycles. The number of rotatable bonds is 3. The number of primary amides is 1. The van der Waals surface area contributed by atoms with E-state index >= 15 is 0 Å². The third kappa shape index (κ3) is 2.60. The molecule has 3 nitrogen and oxygen atoms in total. The van der Waals surface area contributed by atoms with Gasteiger partial charge in [-0.25, -0.2) is 0 Å². The quantitative estimate of drug-likeness (QED) is 0.872. The third-order valence-electron chi connectivity index (χ3n) is 3.41. The number of carbonyl (C=O) groups excluding carboxylic acids is 1. The molecular formula is C14H19NO2. The van der Waals surface area contributed by atoms with Crippen molar-refractivity contribution in [2.24, 2.45) is 5.73 Å². The summed E-state index contributed by atoms with van der Waals surface area (Å²) >= 11 is 0. The minimum atomic E-state index is -0.786. The Kier molecular flexibility index (Phi) is 3.36. The fourth-order valence-electron chi connectivity index (χ4n) is 2.43. The van der Waals surface area contributed by atoms with Crippen LogP contribution in [-0.2, 0) is 4.79 Å². The lowest BCUT2D eigenvalue weighted by Gasteiger charge is -2.34. The molecule has 92 valence electrons. The molecule has 1 aromatic rings. The van der Waals surface area contributed by atoms with Crippen molar-refractivity contribution in [3.63, 3.8) is 0 Å². The van der Waals surface area contributed by atoms with E-state index in [0.29, 0.717) is 0 Å². The topological polar surface area (TPSA) is 52.3 Å². The Morgan fingerprint density at radius 1 is 1.29 bits per heavy atom. The SMILES string of the molecule is Cc1cccc(OC2(C(N)=O)CCCCC2)c1. The fraction of sp³-hybridized carbons (Fsp3) is 0.500. The molecule has 0 radical (unpaired) electrons. The summed E-state index contributed by atoms with van der Waals surface area (Å²) in [4.78, 5) is 11.7. The van der Waals surface area contributed by atoms with Crippen LogP contribution in [-0.4, -0.2) is 11.5 Å². The summed E-state index contributed by atoms with van der Waals surface area (Å²) < 4.78 is 5.91. The van der Waals surface area contributed by atoms with Gasteiger partial charge in [0.25, 0.3) is 5.91 Å². The van der Waals surface area contributed by atoms with E-state index in [1.165, 1.54) is 0 Å². The molecule has 1 aliphatic rings. The third-order valence-corrected chi connectivity index (χ3v) is 3.41. The van der Waals surface area contributed by atoms with Crippen molar-refractivity contribution in [1.29, 1.82) is 0 Å². The summed E-state index contributed by atoms with van der Waals surface area (Å²) in [7, 11) is 0. The second-order valence-electron chi connectivity index (χ2n) is 4.84. The van der Waals surface area contributed by atoms with Crippen LogP contribution in [0.3, 0.4) is 0 Å². The number of hydrogen-bond donors (Lipinski definition) is 1. The molecule has 3 heteroatoms. The molecule has 0 unspecified atom stereocenters. The van der Waals surface area contributed by atoms with Crippen LogP contribution in [0.1, 0.15) is 37.7 Å². The largest absolute Gasteiger partial charge is 0.477 e. The molecule has 1 fully saturated rings. The molecule has 1 aromatic carbocycles. The minimum absolute atomic E-state index is 0.335. The molecule has 0 heterocycles. The fourth-order valence-corrected chi connectivity index (χ4v) is 2.43. The molecule has 2 N–H and O–H groups in total. The summed E-state index contributed by atoms with van der Waals surface area (Å²) in [6.45, 7) is 2.00. The Morgan fingerprint density at radius 3 is 2.59 bits per heavy atom. The van der Waals surface area contributed by atoms with Crippen LogP contribution < -0.4 is 10.5 Å². The van der Waals surface area contributed by atoms with Crippen molar-refractivity contribution >= 4 is 5.91 Å². The number of amides is 1. The van der Waals surface area contributed by atoms with Crippen LogP contribution in [0.25, 0.3) is 0 Å². The molecule has 1 aliphatic carbocycles. The second kappa shape index (κ2) is 4.78. The lowest BCUT2D eigenvalue weighted by atomic mass is 9.84. The van der Waals surface area contributed by atoms with Crippen LogP contribution in [0.4, 0.5) is 0 Å². The van der Waals surface area contributed by atoms with Crippen molar-refractivity contribution in [3.05, 3.63) is 29.8 Å². The standard InChI is InChI=1S/C14H19NO2/c1-11-6-5-7-12(10-11)17-14(13(15)16)8-3-2-4-9-14/h5-7,10H,2-4,8-9H2,1H3,(H2,15,16). The zero-order chi connectivity index (χ0) is 12.3. The summed E-state index contributed by atoms with van der Waals surface area (Å²) in [6.07, 6.45) is 4.64. The van der Waals surface area contributed by atoms with Gasteiger partial charge < -0.3 is 10.5 Å². The summed E-state index contributed by atoms with van der Waals surface area (Å²) in [6, 6.07) is 7.76. The van der Waals surface area contributed by atoms with E-state index in [0.717, 1.165) is 43.4 Å². The predicted octanol–water partition coefficient (Wildman–Crippen LogP) is 2.56. The van der Waals surface area contributed by atoms with Crippen LogP contribution in [0, 0.1) is 6.92 Å². The smallest absolute Gasteiger partial charge is 0.261 e. The van der Waals surface area contributed by atoms with Gasteiger partial charge in [-0.1, -0.05) is 18.6 Å². The number of benzene rings is 1. The molecular weight excluding hydrogens is 214 g/mol. The van der Waals surface area contributed by atoms with Gasteiger partial charge in [0.1, 0.15) is 5.75 Å². The molecule has 0 aromatic heterocycles. The Balaban J connectivity index is 2.20. The highest BCUT2D eigenvalue weighted by molar-refractivity contribution is 5.84. The van der Waals surface area contributed by atoms with E-state index in [1.807, 2.05) is 31.2 Å². The Morgan fingerprint density at radius 2 is 2.00 bits per heavy atom. The highest BCUT2D eigenvalue weighted by Gasteiger charge is 2.40. The number of carbonyl (C=O) groups is 1. The Labute approximate surface area is 102 Å². The summed E-state index contributed by atoms with van der Waals surface area (Å²) in [5.41, 5.74) is 5.86. The van der Waals surface area contributed by atoms with Crippen LogP contribution in [0.15, 0.2) is 24.3 Å². The van der Waals surface area contributed by atoms with Crippen molar-refractivity contribution in [3.8, 4) is 5.75 Å². The summed E-state index contributed by atoms with van der Waals surface area (Å²) in [5.74, 6) is 0.407. The first kappa shape index (κ1) is 12.0. The van der Waals surface area contributed by atoms with Gasteiger partial charge >= 0.3 is 0 Å². The lowest BCUT2D eigenvalue weighted by molar-refractivity contribution is -0.136.